The van der Waals surface area contributed by atoms with Crippen LogP contribution in [0.15, 0.2) is 48.5 Å². The molecule has 0 saturated carbocycles. The Morgan fingerprint density at radius 1 is 1.00 bits per heavy atom. The van der Waals surface area contributed by atoms with Crippen LogP contribution in [0.1, 0.15) is 31.4 Å². The van der Waals surface area contributed by atoms with Gasteiger partial charge in [-0.1, -0.05) is 30.3 Å². The van der Waals surface area contributed by atoms with Gasteiger partial charge >= 0.3 is 7.60 Å². The molecule has 0 spiro atoms. The molecule has 0 aliphatic heterocycles. The van der Waals surface area contributed by atoms with E-state index >= 15 is 0 Å². The summed E-state index contributed by atoms with van der Waals surface area (Å²) in [5.74, 6) is 0.767. The Hall–Kier alpha value is -1.70. The van der Waals surface area contributed by atoms with Crippen LogP contribution in [0.4, 0.5) is 0 Å². The highest BCUT2D eigenvalue weighted by Gasteiger charge is 2.38. The number of hydrogen-bond acceptors (Lipinski definition) is 6. The zero-order valence-electron chi connectivity index (χ0n) is 17.5. The van der Waals surface area contributed by atoms with E-state index in [9.17, 15) is 17.5 Å². The first kappa shape index (κ1) is 24.6. The molecule has 0 aliphatic carbocycles. The molecule has 7 nitrogen and oxygen atoms in total. The summed E-state index contributed by atoms with van der Waals surface area (Å²) in [5.41, 5.74) is 0.972. The third-order valence-electron chi connectivity index (χ3n) is 4.48. The Bertz CT molecular complexity index is 948. The fourth-order valence-electron chi connectivity index (χ4n) is 3.04. The van der Waals surface area contributed by atoms with E-state index in [0.717, 1.165) is 16.9 Å². The van der Waals surface area contributed by atoms with Crippen LogP contribution < -0.4 is 4.74 Å². The summed E-state index contributed by atoms with van der Waals surface area (Å²) in [6.07, 6.45) is 0.657. The molecule has 0 aliphatic rings. The molecule has 0 saturated heterocycles. The van der Waals surface area contributed by atoms with E-state index < -0.39 is 29.1 Å². The minimum Gasteiger partial charge on any atom is -0.457 e. The van der Waals surface area contributed by atoms with Crippen molar-refractivity contribution in [1.82, 2.24) is 0 Å². The van der Waals surface area contributed by atoms with Crippen molar-refractivity contribution in [3.63, 3.8) is 0 Å². The van der Waals surface area contributed by atoms with Crippen LogP contribution in [0.2, 0.25) is 0 Å². The summed E-state index contributed by atoms with van der Waals surface area (Å²) in [5, 5.41) is 0. The molecular weight excluding hydrogens is 427 g/mol. The molecule has 2 rings (SSSR count). The van der Waals surface area contributed by atoms with Gasteiger partial charge in [0, 0.05) is 0 Å². The second-order valence-corrected chi connectivity index (χ2v) is 10.7. The minimum absolute atomic E-state index is 0.115. The summed E-state index contributed by atoms with van der Waals surface area (Å²) in [6, 6.07) is 15.1. The molecule has 0 radical (unpaired) electrons. The number of rotatable bonds is 12. The molecule has 0 fully saturated rings. The fraction of sp³-hybridized carbons (Fsp3) is 0.429. The van der Waals surface area contributed by atoms with Crippen LogP contribution in [0.3, 0.4) is 0 Å². The summed E-state index contributed by atoms with van der Waals surface area (Å²) in [7, 11) is -8.03. The van der Waals surface area contributed by atoms with Gasteiger partial charge in [0.15, 0.2) is 0 Å². The molecule has 0 aromatic heterocycles. The van der Waals surface area contributed by atoms with Gasteiger partial charge in [0.1, 0.15) is 11.5 Å². The molecule has 30 heavy (non-hydrogen) atoms. The van der Waals surface area contributed by atoms with E-state index in [1.807, 2.05) is 55.5 Å². The molecule has 0 heterocycles. The van der Waals surface area contributed by atoms with E-state index in [1.165, 1.54) is 0 Å². The van der Waals surface area contributed by atoms with Crippen molar-refractivity contribution < 1.29 is 31.3 Å². The quantitative estimate of drug-likeness (QED) is 0.344. The zero-order valence-corrected chi connectivity index (χ0v) is 19.2. The number of ether oxygens (including phenoxy) is 1. The molecule has 1 N–H and O–H groups in total. The molecule has 9 heteroatoms. The lowest BCUT2D eigenvalue weighted by Gasteiger charge is -2.25. The highest BCUT2D eigenvalue weighted by Crippen LogP contribution is 2.54. The second-order valence-electron chi connectivity index (χ2n) is 6.83. The standard InChI is InChI=1S/C21H29O7PS/c1-4-26-29(22,27-5-2)20(16-30(23,24)25)15-12-18-10-13-19(14-11-18)28-21-9-7-6-8-17(21)3/h6-11,13-14,20H,4-5,12,15-16H2,1-3H3,(H,23,24,25). The van der Waals surface area contributed by atoms with E-state index in [2.05, 4.69) is 0 Å². The Morgan fingerprint density at radius 3 is 2.13 bits per heavy atom. The highest BCUT2D eigenvalue weighted by molar-refractivity contribution is 7.86. The van der Waals surface area contributed by atoms with Crippen LogP contribution in [0, 0.1) is 6.92 Å². The molecule has 0 bridgehead atoms. The monoisotopic (exact) mass is 456 g/mol. The molecule has 1 atom stereocenters. The number of aryl methyl sites for hydroxylation is 2. The van der Waals surface area contributed by atoms with Gasteiger partial charge < -0.3 is 13.8 Å². The van der Waals surface area contributed by atoms with Crippen molar-refractivity contribution in [2.75, 3.05) is 19.0 Å². The molecule has 2 aromatic rings. The maximum Gasteiger partial charge on any atom is 0.334 e. The van der Waals surface area contributed by atoms with Crippen molar-refractivity contribution in [1.29, 1.82) is 0 Å². The first-order valence-electron chi connectivity index (χ1n) is 9.83. The largest absolute Gasteiger partial charge is 0.457 e. The third-order valence-corrected chi connectivity index (χ3v) is 8.12. The van der Waals surface area contributed by atoms with Gasteiger partial charge in [0.2, 0.25) is 0 Å². The SMILES string of the molecule is CCOP(=O)(OCC)C(CCc1ccc(Oc2ccccc2C)cc1)CS(=O)(=O)O. The number of para-hydroxylation sites is 1. The topological polar surface area (TPSA) is 99.1 Å². The van der Waals surface area contributed by atoms with E-state index in [-0.39, 0.29) is 19.6 Å². The summed E-state index contributed by atoms with van der Waals surface area (Å²) in [6.45, 7) is 5.51. The van der Waals surface area contributed by atoms with Gasteiger partial charge in [-0.2, -0.15) is 8.42 Å². The Kier molecular flexibility index (Phi) is 9.07. The highest BCUT2D eigenvalue weighted by atomic mass is 32.2. The average Bonchev–Trinajstić information content (AvgIpc) is 2.67. The average molecular weight is 456 g/mol. The minimum atomic E-state index is -4.35. The smallest absolute Gasteiger partial charge is 0.334 e. The number of hydrogen-bond donors (Lipinski definition) is 1. The zero-order chi connectivity index (χ0) is 22.2. The molecule has 166 valence electrons. The van der Waals surface area contributed by atoms with Crippen LogP contribution >= 0.6 is 7.60 Å². The van der Waals surface area contributed by atoms with E-state index in [1.54, 1.807) is 13.8 Å². The van der Waals surface area contributed by atoms with Crippen molar-refractivity contribution in [2.24, 2.45) is 0 Å². The normalized spacial score (nSPS) is 13.2. The first-order chi connectivity index (χ1) is 14.2. The second kappa shape index (κ2) is 11.1. The third kappa shape index (κ3) is 7.52. The Morgan fingerprint density at radius 2 is 1.60 bits per heavy atom. The molecular formula is C21H29O7PS. The fourth-order valence-corrected chi connectivity index (χ4v) is 6.65. The Balaban J connectivity index is 2.10. The van der Waals surface area contributed by atoms with Crippen molar-refractivity contribution in [3.8, 4) is 11.5 Å². The predicted molar refractivity (Wildman–Crippen MR) is 117 cm³/mol. The van der Waals surface area contributed by atoms with Gasteiger partial charge in [-0.3, -0.25) is 9.12 Å². The maximum atomic E-state index is 13.1. The summed E-state index contributed by atoms with van der Waals surface area (Å²) >= 11 is 0. The van der Waals surface area contributed by atoms with Gasteiger partial charge in [-0.05, 0) is 62.9 Å². The van der Waals surface area contributed by atoms with Gasteiger partial charge in [-0.15, -0.1) is 0 Å². The summed E-state index contributed by atoms with van der Waals surface area (Å²) in [4.78, 5) is 0. The lowest BCUT2D eigenvalue weighted by molar-refractivity contribution is 0.212. The van der Waals surface area contributed by atoms with Gasteiger partial charge in [0.05, 0.1) is 24.6 Å². The predicted octanol–water partition coefficient (Wildman–Crippen LogP) is 5.24. The molecule has 1 unspecified atom stereocenters. The molecule has 2 aromatic carbocycles. The molecule has 0 amide bonds. The number of benzene rings is 2. The lowest BCUT2D eigenvalue weighted by atomic mass is 10.1. The van der Waals surface area contributed by atoms with Crippen LogP contribution in [0.5, 0.6) is 11.5 Å². The van der Waals surface area contributed by atoms with Crippen molar-refractivity contribution >= 4 is 17.7 Å². The van der Waals surface area contributed by atoms with Gasteiger partial charge in [0.25, 0.3) is 10.1 Å². The Labute approximate surface area is 178 Å². The van der Waals surface area contributed by atoms with E-state index in [0.29, 0.717) is 12.2 Å². The van der Waals surface area contributed by atoms with Crippen molar-refractivity contribution in [3.05, 3.63) is 59.7 Å². The maximum absolute atomic E-state index is 13.1. The van der Waals surface area contributed by atoms with Crippen LogP contribution in [-0.2, 0) is 30.2 Å². The van der Waals surface area contributed by atoms with Crippen molar-refractivity contribution in [2.45, 2.75) is 39.3 Å². The van der Waals surface area contributed by atoms with Crippen LogP contribution in [-0.4, -0.2) is 37.6 Å². The van der Waals surface area contributed by atoms with Gasteiger partial charge in [-0.25, -0.2) is 0 Å². The first-order valence-corrected chi connectivity index (χ1v) is 13.1. The van der Waals surface area contributed by atoms with Crippen LogP contribution in [0.25, 0.3) is 0 Å². The van der Waals surface area contributed by atoms with E-state index in [4.69, 9.17) is 13.8 Å². The lowest BCUT2D eigenvalue weighted by Crippen LogP contribution is -2.24. The summed E-state index contributed by atoms with van der Waals surface area (Å²) < 4.78 is 61.8.